The van der Waals surface area contributed by atoms with Crippen LogP contribution >= 0.6 is 15.9 Å². The molecule has 0 radical (unpaired) electrons. The van der Waals surface area contributed by atoms with E-state index < -0.39 is 6.10 Å². The van der Waals surface area contributed by atoms with E-state index in [2.05, 4.69) is 38.1 Å². The minimum atomic E-state index is -0.616. The fourth-order valence-electron chi connectivity index (χ4n) is 3.83. The van der Waals surface area contributed by atoms with Gasteiger partial charge in [0.2, 0.25) is 0 Å². The Morgan fingerprint density at radius 2 is 1.84 bits per heavy atom. The predicted octanol–water partition coefficient (Wildman–Crippen LogP) is 4.42. The van der Waals surface area contributed by atoms with E-state index in [4.69, 9.17) is 4.98 Å². The fraction of sp³-hybridized carbons (Fsp3) is 0.292. The van der Waals surface area contributed by atoms with Crippen LogP contribution < -0.4 is 5.56 Å². The maximum atomic E-state index is 12.6. The van der Waals surface area contributed by atoms with Gasteiger partial charge in [-0.2, -0.15) is 5.10 Å². The van der Waals surface area contributed by atoms with E-state index >= 15 is 0 Å². The first kappa shape index (κ1) is 21.5. The highest BCUT2D eigenvalue weighted by molar-refractivity contribution is 9.10. The fourth-order valence-corrected chi connectivity index (χ4v) is 4.10. The molecule has 2 unspecified atom stereocenters. The van der Waals surface area contributed by atoms with Gasteiger partial charge in [0.25, 0.3) is 5.56 Å². The summed E-state index contributed by atoms with van der Waals surface area (Å²) in [5.41, 5.74) is 2.62. The Hall–Kier alpha value is -2.77. The van der Waals surface area contributed by atoms with Crippen LogP contribution in [0.4, 0.5) is 0 Å². The number of aliphatic hydroxyl groups is 1. The molecule has 2 N–H and O–H groups in total. The van der Waals surface area contributed by atoms with E-state index in [0.29, 0.717) is 23.3 Å². The largest absolute Gasteiger partial charge is 0.391 e. The molecule has 160 valence electrons. The van der Waals surface area contributed by atoms with Crippen LogP contribution in [0.3, 0.4) is 0 Å². The van der Waals surface area contributed by atoms with E-state index in [1.165, 1.54) is 11.8 Å². The molecule has 4 rings (SSSR count). The Kier molecular flexibility index (Phi) is 6.63. The number of aryl methyl sites for hydroxylation is 1. The SMILES string of the molecule is CC(O)C(CCCc1ccccc1)n1ncc2c(=O)[nH]c(Cc3ccc(Br)cc3)nc21. The number of hydrogen-bond acceptors (Lipinski definition) is 4. The molecule has 2 aromatic carbocycles. The highest BCUT2D eigenvalue weighted by Crippen LogP contribution is 2.23. The average Bonchev–Trinajstić information content (AvgIpc) is 3.17. The second-order valence-electron chi connectivity index (χ2n) is 7.83. The molecule has 4 aromatic rings. The van der Waals surface area contributed by atoms with Crippen LogP contribution in [0, 0.1) is 0 Å². The van der Waals surface area contributed by atoms with Gasteiger partial charge in [0.1, 0.15) is 11.2 Å². The Labute approximate surface area is 189 Å². The third kappa shape index (κ3) is 5.11. The number of halogens is 1. The molecule has 6 nitrogen and oxygen atoms in total. The van der Waals surface area contributed by atoms with Crippen LogP contribution in [0.2, 0.25) is 0 Å². The number of rotatable bonds is 8. The molecule has 0 bridgehead atoms. The van der Waals surface area contributed by atoms with E-state index in [1.54, 1.807) is 11.6 Å². The lowest BCUT2D eigenvalue weighted by Crippen LogP contribution is -2.24. The van der Waals surface area contributed by atoms with Crippen LogP contribution in [0.5, 0.6) is 0 Å². The van der Waals surface area contributed by atoms with Crippen molar-refractivity contribution < 1.29 is 5.11 Å². The summed E-state index contributed by atoms with van der Waals surface area (Å²) in [6, 6.07) is 18.0. The second kappa shape index (κ2) is 9.58. The van der Waals surface area contributed by atoms with Crippen LogP contribution in [-0.4, -0.2) is 31.0 Å². The smallest absolute Gasteiger partial charge is 0.262 e. The van der Waals surface area contributed by atoms with E-state index in [0.717, 1.165) is 29.3 Å². The summed E-state index contributed by atoms with van der Waals surface area (Å²) in [7, 11) is 0. The minimum absolute atomic E-state index is 0.211. The molecule has 31 heavy (non-hydrogen) atoms. The first-order valence-electron chi connectivity index (χ1n) is 10.4. The van der Waals surface area contributed by atoms with Crippen molar-refractivity contribution in [3.8, 4) is 0 Å². The first-order chi connectivity index (χ1) is 15.0. The van der Waals surface area contributed by atoms with Gasteiger partial charge in [-0.15, -0.1) is 0 Å². The summed E-state index contributed by atoms with van der Waals surface area (Å²) >= 11 is 3.44. The monoisotopic (exact) mass is 480 g/mol. The van der Waals surface area contributed by atoms with Crippen molar-refractivity contribution in [1.29, 1.82) is 0 Å². The number of aromatic amines is 1. The molecule has 0 amide bonds. The highest BCUT2D eigenvalue weighted by Gasteiger charge is 2.22. The van der Waals surface area contributed by atoms with Gasteiger partial charge in [-0.3, -0.25) is 4.79 Å². The van der Waals surface area contributed by atoms with Gasteiger partial charge >= 0.3 is 0 Å². The molecule has 7 heteroatoms. The number of fused-ring (bicyclic) bond motifs is 1. The average molecular weight is 481 g/mol. The lowest BCUT2D eigenvalue weighted by Gasteiger charge is -2.21. The summed E-state index contributed by atoms with van der Waals surface area (Å²) in [6.07, 6.45) is 3.99. The number of aromatic nitrogens is 4. The number of benzene rings is 2. The zero-order chi connectivity index (χ0) is 21.8. The molecule has 0 aliphatic carbocycles. The van der Waals surface area contributed by atoms with Crippen molar-refractivity contribution in [3.05, 3.63) is 92.6 Å². The molecular weight excluding hydrogens is 456 g/mol. The standard InChI is InChI=1S/C24H25BrN4O2/c1-16(30)21(9-5-8-17-6-3-2-4-7-17)29-23-20(15-26-29)24(31)28-22(27-23)14-18-10-12-19(25)13-11-18/h2-4,6-7,10-13,15-16,21,30H,5,8-9,14H2,1H3,(H,27,28,31). The first-order valence-corrected chi connectivity index (χ1v) is 11.2. The molecule has 0 aliphatic rings. The zero-order valence-electron chi connectivity index (χ0n) is 17.3. The Balaban J connectivity index is 1.59. The van der Waals surface area contributed by atoms with E-state index in [1.807, 2.05) is 42.5 Å². The molecule has 0 saturated carbocycles. The van der Waals surface area contributed by atoms with Crippen LogP contribution in [0.25, 0.3) is 11.0 Å². The molecule has 2 heterocycles. The Bertz CT molecular complexity index is 1200. The number of aliphatic hydroxyl groups excluding tert-OH is 1. The lowest BCUT2D eigenvalue weighted by atomic mass is 10.0. The normalized spacial score (nSPS) is 13.4. The van der Waals surface area contributed by atoms with Gasteiger partial charge in [0.05, 0.1) is 18.3 Å². The molecule has 0 fully saturated rings. The van der Waals surface area contributed by atoms with Crippen molar-refractivity contribution in [2.24, 2.45) is 0 Å². The number of H-pyrrole nitrogens is 1. The summed E-state index contributed by atoms with van der Waals surface area (Å²) in [6.45, 7) is 1.76. The summed E-state index contributed by atoms with van der Waals surface area (Å²) < 4.78 is 2.72. The summed E-state index contributed by atoms with van der Waals surface area (Å²) in [5, 5.41) is 15.3. The zero-order valence-corrected chi connectivity index (χ0v) is 18.9. The van der Waals surface area contributed by atoms with Gasteiger partial charge in [0.15, 0.2) is 5.65 Å². The van der Waals surface area contributed by atoms with Crippen LogP contribution in [0.15, 0.2) is 70.1 Å². The summed E-state index contributed by atoms with van der Waals surface area (Å²) in [4.78, 5) is 20.2. The highest BCUT2D eigenvalue weighted by atomic mass is 79.9. The van der Waals surface area contributed by atoms with Crippen molar-refractivity contribution in [3.63, 3.8) is 0 Å². The number of nitrogens with zero attached hydrogens (tertiary/aromatic N) is 3. The van der Waals surface area contributed by atoms with Gasteiger partial charge in [0, 0.05) is 10.9 Å². The number of hydrogen-bond donors (Lipinski definition) is 2. The summed E-state index contributed by atoms with van der Waals surface area (Å²) in [5.74, 6) is 0.579. The Morgan fingerprint density at radius 1 is 1.10 bits per heavy atom. The van der Waals surface area contributed by atoms with Crippen molar-refractivity contribution >= 4 is 27.0 Å². The van der Waals surface area contributed by atoms with Crippen molar-refractivity contribution in [1.82, 2.24) is 19.7 Å². The van der Waals surface area contributed by atoms with E-state index in [9.17, 15) is 9.90 Å². The maximum Gasteiger partial charge on any atom is 0.262 e. The number of nitrogens with one attached hydrogen (secondary N) is 1. The molecule has 2 atom stereocenters. The third-order valence-electron chi connectivity index (χ3n) is 5.48. The van der Waals surface area contributed by atoms with Gasteiger partial charge in [-0.1, -0.05) is 58.4 Å². The van der Waals surface area contributed by atoms with Crippen molar-refractivity contribution in [2.45, 2.75) is 44.8 Å². The molecular formula is C24H25BrN4O2. The van der Waals surface area contributed by atoms with Crippen molar-refractivity contribution in [2.75, 3.05) is 0 Å². The maximum absolute atomic E-state index is 12.6. The quantitative estimate of drug-likeness (QED) is 0.390. The Morgan fingerprint density at radius 3 is 2.55 bits per heavy atom. The predicted molar refractivity (Wildman–Crippen MR) is 125 cm³/mol. The van der Waals surface area contributed by atoms with Crippen LogP contribution in [-0.2, 0) is 12.8 Å². The van der Waals surface area contributed by atoms with Gasteiger partial charge in [-0.25, -0.2) is 9.67 Å². The van der Waals surface area contributed by atoms with Crippen LogP contribution in [0.1, 0.15) is 42.8 Å². The van der Waals surface area contributed by atoms with Gasteiger partial charge < -0.3 is 10.1 Å². The minimum Gasteiger partial charge on any atom is -0.391 e. The second-order valence-corrected chi connectivity index (χ2v) is 8.74. The topological polar surface area (TPSA) is 83.8 Å². The molecule has 2 aromatic heterocycles. The van der Waals surface area contributed by atoms with Gasteiger partial charge in [-0.05, 0) is 49.4 Å². The van der Waals surface area contributed by atoms with E-state index in [-0.39, 0.29) is 11.6 Å². The molecule has 0 aliphatic heterocycles. The third-order valence-corrected chi connectivity index (χ3v) is 6.01. The molecule has 0 spiro atoms. The molecule has 0 saturated heterocycles. The lowest BCUT2D eigenvalue weighted by molar-refractivity contribution is 0.118.